The van der Waals surface area contributed by atoms with Crippen LogP contribution < -0.4 is 10.5 Å². The van der Waals surface area contributed by atoms with Gasteiger partial charge in [0, 0.05) is 12.3 Å². The molecule has 108 valence electrons. The Bertz CT molecular complexity index is 721. The van der Waals surface area contributed by atoms with Gasteiger partial charge in [0.1, 0.15) is 0 Å². The Morgan fingerprint density at radius 3 is 3.10 bits per heavy atom. The molecule has 0 radical (unpaired) electrons. The van der Waals surface area contributed by atoms with E-state index in [0.717, 1.165) is 23.1 Å². The fraction of sp³-hybridized carbons (Fsp3) is 0.417. The molecule has 0 saturated carbocycles. The maximum absolute atomic E-state index is 12.1. The Labute approximate surface area is 121 Å². The molecule has 1 aromatic heterocycles. The monoisotopic (exact) mass is 313 g/mol. The number of aromatic nitrogens is 1. The van der Waals surface area contributed by atoms with Crippen molar-refractivity contribution in [3.05, 3.63) is 18.2 Å². The van der Waals surface area contributed by atoms with Crippen LogP contribution >= 0.6 is 11.3 Å². The van der Waals surface area contributed by atoms with Crippen molar-refractivity contribution in [2.75, 3.05) is 22.8 Å². The van der Waals surface area contributed by atoms with E-state index in [1.54, 1.807) is 18.2 Å². The summed E-state index contributed by atoms with van der Waals surface area (Å²) in [7, 11) is -3.43. The molecule has 20 heavy (non-hydrogen) atoms. The zero-order chi connectivity index (χ0) is 14.2. The Kier molecular flexibility index (Phi) is 3.53. The highest BCUT2D eigenvalue weighted by Gasteiger charge is 2.24. The lowest BCUT2D eigenvalue weighted by Gasteiger charge is -2.10. The Hall–Kier alpha value is -1.38. The number of nitrogen functional groups attached to an aromatic ring is 1. The van der Waals surface area contributed by atoms with Crippen LogP contribution in [-0.2, 0) is 14.8 Å². The van der Waals surface area contributed by atoms with E-state index in [9.17, 15) is 8.42 Å². The maximum Gasteiger partial charge on any atom is 0.237 e. The standard InChI is InChI=1S/C12H15N3O3S2/c13-8-3-4-10-11(6-8)19-12(14-10)15-20(16,17)7-9-2-1-5-18-9/h3-4,6,9H,1-2,5,7,13H2,(H,14,15). The van der Waals surface area contributed by atoms with E-state index >= 15 is 0 Å². The van der Waals surface area contributed by atoms with Crippen LogP contribution in [0.1, 0.15) is 12.8 Å². The molecule has 1 aliphatic rings. The van der Waals surface area contributed by atoms with E-state index in [1.807, 2.05) is 0 Å². The Morgan fingerprint density at radius 1 is 1.50 bits per heavy atom. The van der Waals surface area contributed by atoms with Gasteiger partial charge in [0.25, 0.3) is 0 Å². The van der Waals surface area contributed by atoms with E-state index in [0.29, 0.717) is 17.4 Å². The van der Waals surface area contributed by atoms with Gasteiger partial charge in [-0.05, 0) is 31.0 Å². The molecule has 1 fully saturated rings. The number of fused-ring (bicyclic) bond motifs is 1. The SMILES string of the molecule is Nc1ccc2nc(NS(=O)(=O)CC3CCCO3)sc2c1. The summed E-state index contributed by atoms with van der Waals surface area (Å²) in [5.41, 5.74) is 7.06. The van der Waals surface area contributed by atoms with Crippen LogP contribution in [0, 0.1) is 0 Å². The summed E-state index contributed by atoms with van der Waals surface area (Å²) in [5, 5.41) is 0.364. The second-order valence-electron chi connectivity index (χ2n) is 4.76. The number of benzene rings is 1. The molecule has 1 unspecified atom stereocenters. The van der Waals surface area contributed by atoms with Gasteiger partial charge in [-0.25, -0.2) is 13.4 Å². The highest BCUT2D eigenvalue weighted by molar-refractivity contribution is 7.92. The lowest BCUT2D eigenvalue weighted by atomic mass is 10.3. The maximum atomic E-state index is 12.1. The number of thiazole rings is 1. The van der Waals surface area contributed by atoms with Gasteiger partial charge in [-0.3, -0.25) is 4.72 Å². The molecule has 2 heterocycles. The number of nitrogens with one attached hydrogen (secondary N) is 1. The summed E-state index contributed by atoms with van der Waals surface area (Å²) in [6.45, 7) is 0.639. The minimum atomic E-state index is -3.43. The molecule has 3 rings (SSSR count). The van der Waals surface area contributed by atoms with Crippen molar-refractivity contribution in [2.24, 2.45) is 0 Å². The smallest absolute Gasteiger partial charge is 0.237 e. The van der Waals surface area contributed by atoms with Crippen LogP contribution in [-0.4, -0.2) is 31.9 Å². The second-order valence-corrected chi connectivity index (χ2v) is 7.56. The van der Waals surface area contributed by atoms with Crippen molar-refractivity contribution in [1.29, 1.82) is 0 Å². The molecular weight excluding hydrogens is 298 g/mol. The number of rotatable bonds is 4. The highest BCUT2D eigenvalue weighted by atomic mass is 32.2. The van der Waals surface area contributed by atoms with Gasteiger partial charge in [-0.1, -0.05) is 11.3 Å². The van der Waals surface area contributed by atoms with Crippen molar-refractivity contribution < 1.29 is 13.2 Å². The van der Waals surface area contributed by atoms with Crippen molar-refractivity contribution in [2.45, 2.75) is 18.9 Å². The molecule has 1 atom stereocenters. The quantitative estimate of drug-likeness (QED) is 0.839. The van der Waals surface area contributed by atoms with Gasteiger partial charge >= 0.3 is 0 Å². The fourth-order valence-corrected chi connectivity index (χ4v) is 4.64. The summed E-state index contributed by atoms with van der Waals surface area (Å²) in [6, 6.07) is 5.30. The van der Waals surface area contributed by atoms with Crippen LogP contribution in [0.15, 0.2) is 18.2 Å². The molecule has 0 aliphatic carbocycles. The molecule has 0 spiro atoms. The predicted octanol–water partition coefficient (Wildman–Crippen LogP) is 1.80. The highest BCUT2D eigenvalue weighted by Crippen LogP contribution is 2.28. The Balaban J connectivity index is 1.77. The first kappa shape index (κ1) is 13.6. The van der Waals surface area contributed by atoms with Crippen LogP contribution in [0.5, 0.6) is 0 Å². The number of hydrogen-bond acceptors (Lipinski definition) is 6. The summed E-state index contributed by atoms with van der Waals surface area (Å²) >= 11 is 1.27. The topological polar surface area (TPSA) is 94.3 Å². The number of anilines is 2. The average Bonchev–Trinajstić information content (AvgIpc) is 2.96. The lowest BCUT2D eigenvalue weighted by molar-refractivity contribution is 0.127. The van der Waals surface area contributed by atoms with Crippen molar-refractivity contribution in [1.82, 2.24) is 4.98 Å². The molecule has 6 nitrogen and oxygen atoms in total. The number of sulfonamides is 1. The van der Waals surface area contributed by atoms with Gasteiger partial charge in [0.15, 0.2) is 5.13 Å². The zero-order valence-corrected chi connectivity index (χ0v) is 12.3. The van der Waals surface area contributed by atoms with Crippen molar-refractivity contribution in [3.8, 4) is 0 Å². The van der Waals surface area contributed by atoms with Gasteiger partial charge in [0.05, 0.1) is 22.1 Å². The first-order valence-corrected chi connectivity index (χ1v) is 8.77. The number of hydrogen-bond donors (Lipinski definition) is 2. The largest absolute Gasteiger partial charge is 0.399 e. The summed E-state index contributed by atoms with van der Waals surface area (Å²) in [6.07, 6.45) is 1.50. The zero-order valence-electron chi connectivity index (χ0n) is 10.7. The van der Waals surface area contributed by atoms with Crippen LogP contribution in [0.25, 0.3) is 10.2 Å². The first-order chi connectivity index (χ1) is 9.52. The van der Waals surface area contributed by atoms with Crippen LogP contribution in [0.3, 0.4) is 0 Å². The van der Waals surface area contributed by atoms with E-state index < -0.39 is 10.0 Å². The predicted molar refractivity (Wildman–Crippen MR) is 80.4 cm³/mol. The van der Waals surface area contributed by atoms with Crippen LogP contribution in [0.4, 0.5) is 10.8 Å². The molecule has 1 saturated heterocycles. The van der Waals surface area contributed by atoms with E-state index in [4.69, 9.17) is 10.5 Å². The molecule has 3 N–H and O–H groups in total. The lowest BCUT2D eigenvalue weighted by Crippen LogP contribution is -2.25. The fourth-order valence-electron chi connectivity index (χ4n) is 2.18. The molecule has 2 aromatic rings. The van der Waals surface area contributed by atoms with Gasteiger partial charge in [-0.2, -0.15) is 0 Å². The normalized spacial score (nSPS) is 19.5. The third-order valence-electron chi connectivity index (χ3n) is 3.08. The third kappa shape index (κ3) is 3.02. The minimum Gasteiger partial charge on any atom is -0.399 e. The van der Waals surface area contributed by atoms with E-state index in [1.165, 1.54) is 11.3 Å². The summed E-state index contributed by atoms with van der Waals surface area (Å²) in [4.78, 5) is 4.25. The van der Waals surface area contributed by atoms with Crippen molar-refractivity contribution >= 4 is 42.4 Å². The van der Waals surface area contributed by atoms with Crippen LogP contribution in [0.2, 0.25) is 0 Å². The number of nitrogens with two attached hydrogens (primary N) is 1. The minimum absolute atomic E-state index is 0.0228. The number of nitrogens with zero attached hydrogens (tertiary/aromatic N) is 1. The van der Waals surface area contributed by atoms with Gasteiger partial charge in [0.2, 0.25) is 10.0 Å². The first-order valence-electron chi connectivity index (χ1n) is 6.30. The molecule has 1 aliphatic heterocycles. The average molecular weight is 313 g/mol. The van der Waals surface area contributed by atoms with Gasteiger partial charge < -0.3 is 10.5 Å². The molecule has 1 aromatic carbocycles. The molecular formula is C12H15N3O3S2. The Morgan fingerprint density at radius 2 is 2.35 bits per heavy atom. The number of ether oxygens (including phenoxy) is 1. The second kappa shape index (κ2) is 5.19. The van der Waals surface area contributed by atoms with Crippen molar-refractivity contribution in [3.63, 3.8) is 0 Å². The van der Waals surface area contributed by atoms with Gasteiger partial charge in [-0.15, -0.1) is 0 Å². The molecule has 0 amide bonds. The molecule has 8 heteroatoms. The summed E-state index contributed by atoms with van der Waals surface area (Å²) < 4.78 is 32.8. The van der Waals surface area contributed by atoms with E-state index in [-0.39, 0.29) is 11.9 Å². The summed E-state index contributed by atoms with van der Waals surface area (Å²) in [5.74, 6) is -0.0228. The van der Waals surface area contributed by atoms with E-state index in [2.05, 4.69) is 9.71 Å². The third-order valence-corrected chi connectivity index (χ3v) is 5.46. The molecule has 0 bridgehead atoms.